The second-order valence-electron chi connectivity index (χ2n) is 3.99. The molecule has 0 spiro atoms. The number of rotatable bonds is 5. The molecule has 0 aliphatic carbocycles. The Hall–Kier alpha value is -1.11. The van der Waals surface area contributed by atoms with Crippen LogP contribution < -0.4 is 5.32 Å². The van der Waals surface area contributed by atoms with Crippen molar-refractivity contribution in [3.63, 3.8) is 0 Å². The zero-order valence-corrected chi connectivity index (χ0v) is 11.5. The van der Waals surface area contributed by atoms with Gasteiger partial charge in [0.2, 0.25) is 5.91 Å². The summed E-state index contributed by atoms with van der Waals surface area (Å²) in [6, 6.07) is 4.61. The lowest BCUT2D eigenvalue weighted by atomic mass is 10.0. The number of amides is 1. The van der Waals surface area contributed by atoms with Crippen LogP contribution in [0, 0.1) is 0 Å². The fraction of sp³-hybridized carbons (Fsp3) is 0.417. The number of carbonyl (C=O) groups is 1. The van der Waals surface area contributed by atoms with Gasteiger partial charge < -0.3 is 20.6 Å². The van der Waals surface area contributed by atoms with Crippen molar-refractivity contribution < 1.29 is 20.1 Å². The number of phenolic OH excluding ortho intramolecular Hbond substituents is 1. The van der Waals surface area contributed by atoms with Crippen molar-refractivity contribution in [3.05, 3.63) is 28.2 Å². The first-order valence-electron chi connectivity index (χ1n) is 5.50. The van der Waals surface area contributed by atoms with E-state index in [4.69, 9.17) is 0 Å². The smallest absolute Gasteiger partial charge is 0.216 e. The SMILES string of the molecule is CC(=O)NCCC(O)C(O)c1cc(Br)ccc1O. The minimum Gasteiger partial charge on any atom is -0.508 e. The van der Waals surface area contributed by atoms with Crippen molar-refractivity contribution in [3.8, 4) is 5.75 Å². The summed E-state index contributed by atoms with van der Waals surface area (Å²) < 4.78 is 0.698. The van der Waals surface area contributed by atoms with E-state index < -0.39 is 12.2 Å². The highest BCUT2D eigenvalue weighted by atomic mass is 79.9. The summed E-state index contributed by atoms with van der Waals surface area (Å²) in [6.45, 7) is 1.64. The van der Waals surface area contributed by atoms with Crippen LogP contribution in [-0.4, -0.2) is 33.9 Å². The van der Waals surface area contributed by atoms with Gasteiger partial charge in [0.1, 0.15) is 11.9 Å². The first-order valence-corrected chi connectivity index (χ1v) is 6.30. The van der Waals surface area contributed by atoms with E-state index in [-0.39, 0.29) is 30.2 Å². The van der Waals surface area contributed by atoms with Crippen LogP contribution in [0.5, 0.6) is 5.75 Å². The molecule has 0 radical (unpaired) electrons. The van der Waals surface area contributed by atoms with E-state index in [1.165, 1.54) is 13.0 Å². The molecule has 0 saturated carbocycles. The van der Waals surface area contributed by atoms with Gasteiger partial charge in [0.05, 0.1) is 6.10 Å². The van der Waals surface area contributed by atoms with E-state index in [1.807, 2.05) is 0 Å². The summed E-state index contributed by atoms with van der Waals surface area (Å²) >= 11 is 3.22. The molecular weight excluding hydrogens is 302 g/mol. The number of aliphatic hydroxyl groups excluding tert-OH is 2. The fourth-order valence-electron chi connectivity index (χ4n) is 1.52. The van der Waals surface area contributed by atoms with Gasteiger partial charge in [-0.05, 0) is 24.6 Å². The number of hydrogen-bond donors (Lipinski definition) is 4. The molecule has 1 aromatic rings. The molecule has 5 nitrogen and oxygen atoms in total. The molecule has 1 rings (SSSR count). The molecule has 2 atom stereocenters. The summed E-state index contributed by atoms with van der Waals surface area (Å²) in [5, 5.41) is 31.8. The number of aromatic hydroxyl groups is 1. The molecule has 100 valence electrons. The van der Waals surface area contributed by atoms with Crippen molar-refractivity contribution in [1.29, 1.82) is 0 Å². The molecule has 0 aliphatic heterocycles. The van der Waals surface area contributed by atoms with Crippen LogP contribution in [0.4, 0.5) is 0 Å². The summed E-state index contributed by atoms with van der Waals surface area (Å²) in [5.41, 5.74) is 0.250. The zero-order chi connectivity index (χ0) is 13.7. The van der Waals surface area contributed by atoms with Gasteiger partial charge in [0.25, 0.3) is 0 Å². The van der Waals surface area contributed by atoms with Gasteiger partial charge in [-0.15, -0.1) is 0 Å². The van der Waals surface area contributed by atoms with E-state index in [0.717, 1.165) is 0 Å². The van der Waals surface area contributed by atoms with Gasteiger partial charge in [-0.25, -0.2) is 0 Å². The number of halogens is 1. The van der Waals surface area contributed by atoms with Crippen molar-refractivity contribution >= 4 is 21.8 Å². The zero-order valence-electron chi connectivity index (χ0n) is 9.93. The number of hydrogen-bond acceptors (Lipinski definition) is 4. The van der Waals surface area contributed by atoms with Gasteiger partial charge in [0, 0.05) is 23.5 Å². The van der Waals surface area contributed by atoms with E-state index in [9.17, 15) is 20.1 Å². The molecule has 0 heterocycles. The number of carbonyl (C=O) groups excluding carboxylic acids is 1. The molecule has 2 unspecified atom stereocenters. The highest BCUT2D eigenvalue weighted by Gasteiger charge is 2.21. The maximum absolute atomic E-state index is 10.7. The Balaban J connectivity index is 2.64. The minimum absolute atomic E-state index is 0.0794. The lowest BCUT2D eigenvalue weighted by Gasteiger charge is -2.19. The standard InChI is InChI=1S/C12H16BrNO4/c1-7(15)14-5-4-11(17)12(18)9-6-8(13)2-3-10(9)16/h2-3,6,11-12,16-18H,4-5H2,1H3,(H,14,15). The van der Waals surface area contributed by atoms with Crippen LogP contribution in [0.2, 0.25) is 0 Å². The number of aliphatic hydroxyl groups is 2. The highest BCUT2D eigenvalue weighted by Crippen LogP contribution is 2.30. The second kappa shape index (κ2) is 6.72. The van der Waals surface area contributed by atoms with Gasteiger partial charge in [-0.1, -0.05) is 15.9 Å². The lowest BCUT2D eigenvalue weighted by molar-refractivity contribution is -0.119. The fourth-order valence-corrected chi connectivity index (χ4v) is 1.90. The molecule has 1 aromatic carbocycles. The Labute approximate surface area is 114 Å². The molecule has 0 bridgehead atoms. The molecule has 0 aliphatic rings. The maximum atomic E-state index is 10.7. The Bertz CT molecular complexity index is 425. The van der Waals surface area contributed by atoms with Crippen molar-refractivity contribution in [2.24, 2.45) is 0 Å². The third-order valence-corrected chi connectivity index (χ3v) is 2.98. The summed E-state index contributed by atoms with van der Waals surface area (Å²) in [4.78, 5) is 10.7. The van der Waals surface area contributed by atoms with Gasteiger partial charge in [0.15, 0.2) is 0 Å². The Kier molecular flexibility index (Phi) is 5.58. The van der Waals surface area contributed by atoms with E-state index in [1.54, 1.807) is 12.1 Å². The average molecular weight is 318 g/mol. The van der Waals surface area contributed by atoms with Crippen LogP contribution >= 0.6 is 15.9 Å². The molecule has 0 saturated heterocycles. The Morgan fingerprint density at radius 1 is 1.44 bits per heavy atom. The van der Waals surface area contributed by atoms with Crippen molar-refractivity contribution in [2.75, 3.05) is 6.54 Å². The number of phenols is 1. The van der Waals surface area contributed by atoms with E-state index in [0.29, 0.717) is 4.47 Å². The molecule has 18 heavy (non-hydrogen) atoms. The quantitative estimate of drug-likeness (QED) is 0.654. The van der Waals surface area contributed by atoms with Gasteiger partial charge >= 0.3 is 0 Å². The summed E-state index contributed by atoms with van der Waals surface area (Å²) in [5.74, 6) is -0.272. The molecule has 1 amide bonds. The van der Waals surface area contributed by atoms with Crippen LogP contribution in [0.1, 0.15) is 25.0 Å². The van der Waals surface area contributed by atoms with E-state index in [2.05, 4.69) is 21.2 Å². The third kappa shape index (κ3) is 4.29. The van der Waals surface area contributed by atoms with Crippen LogP contribution in [-0.2, 0) is 4.79 Å². The van der Waals surface area contributed by atoms with Crippen LogP contribution in [0.3, 0.4) is 0 Å². The maximum Gasteiger partial charge on any atom is 0.216 e. The van der Waals surface area contributed by atoms with Gasteiger partial charge in [-0.3, -0.25) is 4.79 Å². The summed E-state index contributed by atoms with van der Waals surface area (Å²) in [6.07, 6.45) is -2.06. The normalized spacial score (nSPS) is 14.0. The largest absolute Gasteiger partial charge is 0.508 e. The van der Waals surface area contributed by atoms with Crippen LogP contribution in [0.25, 0.3) is 0 Å². The average Bonchev–Trinajstić information content (AvgIpc) is 2.30. The predicted octanol–water partition coefficient (Wildman–Crippen LogP) is 1.08. The minimum atomic E-state index is -1.20. The number of nitrogens with one attached hydrogen (secondary N) is 1. The topological polar surface area (TPSA) is 89.8 Å². The lowest BCUT2D eigenvalue weighted by Crippen LogP contribution is -2.27. The van der Waals surface area contributed by atoms with Crippen molar-refractivity contribution in [1.82, 2.24) is 5.32 Å². The van der Waals surface area contributed by atoms with E-state index >= 15 is 0 Å². The molecule has 4 N–H and O–H groups in total. The summed E-state index contributed by atoms with van der Waals surface area (Å²) in [7, 11) is 0. The monoisotopic (exact) mass is 317 g/mol. The molecular formula is C12H16BrNO4. The van der Waals surface area contributed by atoms with Crippen LogP contribution in [0.15, 0.2) is 22.7 Å². The third-order valence-electron chi connectivity index (χ3n) is 2.49. The van der Waals surface area contributed by atoms with Crippen molar-refractivity contribution in [2.45, 2.75) is 25.6 Å². The Morgan fingerprint density at radius 2 is 2.11 bits per heavy atom. The second-order valence-corrected chi connectivity index (χ2v) is 4.90. The first-order chi connectivity index (χ1) is 8.41. The Morgan fingerprint density at radius 3 is 2.72 bits per heavy atom. The number of benzene rings is 1. The molecule has 0 aromatic heterocycles. The molecule has 6 heteroatoms. The predicted molar refractivity (Wildman–Crippen MR) is 70.1 cm³/mol. The highest BCUT2D eigenvalue weighted by molar-refractivity contribution is 9.10. The first kappa shape index (κ1) is 14.9. The van der Waals surface area contributed by atoms with Gasteiger partial charge in [-0.2, -0.15) is 0 Å². The molecule has 0 fully saturated rings.